The Kier molecular flexibility index (Phi) is 4.33. The molecule has 0 fully saturated rings. The first kappa shape index (κ1) is 15.7. The fourth-order valence-corrected chi connectivity index (χ4v) is 4.20. The third-order valence-electron chi connectivity index (χ3n) is 4.94. The second kappa shape index (κ2) is 6.61. The van der Waals surface area contributed by atoms with Gasteiger partial charge in [-0.25, -0.2) is 0 Å². The van der Waals surface area contributed by atoms with Crippen LogP contribution in [0.2, 0.25) is 0 Å². The van der Waals surface area contributed by atoms with Crippen LogP contribution in [0.25, 0.3) is 0 Å². The van der Waals surface area contributed by atoms with Gasteiger partial charge in [0.05, 0.1) is 18.1 Å². The summed E-state index contributed by atoms with van der Waals surface area (Å²) in [4.78, 5) is 5.17. The highest BCUT2D eigenvalue weighted by Gasteiger charge is 2.37. The molecule has 0 spiro atoms. The van der Waals surface area contributed by atoms with Crippen LogP contribution < -0.4 is 11.2 Å². The Balaban J connectivity index is 1.68. The van der Waals surface area contributed by atoms with Crippen LogP contribution in [0, 0.1) is 12.8 Å². The van der Waals surface area contributed by atoms with Crippen LogP contribution in [0.1, 0.15) is 35.1 Å². The number of benzene rings is 2. The lowest BCUT2D eigenvalue weighted by molar-refractivity contribution is -0.195. The Hall–Kier alpha value is -1.79. The fourth-order valence-electron chi connectivity index (χ4n) is 3.79. The minimum Gasteiger partial charge on any atom is -0.378 e. The molecular weight excluding hydrogens is 320 g/mol. The summed E-state index contributed by atoms with van der Waals surface area (Å²) in [5.41, 5.74) is 5.14. The van der Waals surface area contributed by atoms with Crippen molar-refractivity contribution in [2.45, 2.75) is 30.2 Å². The molecule has 0 aromatic heterocycles. The molecule has 1 aliphatic carbocycles. The Morgan fingerprint density at radius 1 is 1.17 bits per heavy atom. The van der Waals surface area contributed by atoms with Crippen LogP contribution in [-0.4, -0.2) is 0 Å². The summed E-state index contributed by atoms with van der Waals surface area (Å²) in [7, 11) is 0. The van der Waals surface area contributed by atoms with Crippen molar-refractivity contribution in [2.75, 3.05) is 5.32 Å². The van der Waals surface area contributed by atoms with Crippen molar-refractivity contribution < 1.29 is 9.32 Å². The third kappa shape index (κ3) is 2.84. The van der Waals surface area contributed by atoms with Gasteiger partial charge in [0.1, 0.15) is 0 Å². The average molecular weight is 340 g/mol. The molecular formula is C19H20N2O2S. The number of rotatable bonds is 4. The van der Waals surface area contributed by atoms with E-state index in [0.717, 1.165) is 23.4 Å². The van der Waals surface area contributed by atoms with E-state index in [-0.39, 0.29) is 0 Å². The minimum absolute atomic E-state index is 0.334. The summed E-state index contributed by atoms with van der Waals surface area (Å²) >= 11 is 1.13. The van der Waals surface area contributed by atoms with Gasteiger partial charge in [0.15, 0.2) is 0 Å². The summed E-state index contributed by atoms with van der Waals surface area (Å²) < 4.78 is 4.78. The van der Waals surface area contributed by atoms with Gasteiger partial charge in [0, 0.05) is 16.5 Å². The number of aryl methyl sites for hydroxylation is 1. The molecule has 1 heterocycles. The van der Waals surface area contributed by atoms with Gasteiger partial charge in [0.25, 0.3) is 0 Å². The molecule has 0 amide bonds. The molecule has 4 rings (SSSR count). The fraction of sp³-hybridized carbons (Fsp3) is 0.263. The van der Waals surface area contributed by atoms with Crippen molar-refractivity contribution in [2.24, 2.45) is 11.8 Å². The molecule has 2 aromatic rings. The monoisotopic (exact) mass is 340 g/mol. The summed E-state index contributed by atoms with van der Waals surface area (Å²) in [6.07, 6.45) is 5.72. The molecule has 3 N–H and O–H groups in total. The summed E-state index contributed by atoms with van der Waals surface area (Å²) in [6, 6.07) is 15.5. The van der Waals surface area contributed by atoms with Crippen LogP contribution in [0.3, 0.4) is 0 Å². The van der Waals surface area contributed by atoms with Crippen molar-refractivity contribution in [3.05, 3.63) is 71.3 Å². The SMILES string of the molecule is Cc1ccc([C@@H]2Nc3ccc(SOON)cc3[C@H]3C=CC[C@H]32)cc1. The van der Waals surface area contributed by atoms with Gasteiger partial charge in [-0.15, -0.1) is 9.32 Å². The van der Waals surface area contributed by atoms with E-state index in [0.29, 0.717) is 17.9 Å². The van der Waals surface area contributed by atoms with Crippen molar-refractivity contribution >= 4 is 17.7 Å². The zero-order valence-corrected chi connectivity index (χ0v) is 14.3. The van der Waals surface area contributed by atoms with E-state index in [1.807, 2.05) is 6.07 Å². The molecule has 0 unspecified atom stereocenters. The van der Waals surface area contributed by atoms with E-state index in [9.17, 15) is 0 Å². The van der Waals surface area contributed by atoms with Crippen LogP contribution in [-0.2, 0) is 9.32 Å². The molecule has 0 saturated carbocycles. The number of allylic oxidation sites excluding steroid dienone is 2. The highest BCUT2D eigenvalue weighted by molar-refractivity contribution is 7.94. The number of nitrogens with two attached hydrogens (primary N) is 1. The number of fused-ring (bicyclic) bond motifs is 3. The van der Waals surface area contributed by atoms with Gasteiger partial charge in [-0.1, -0.05) is 42.0 Å². The minimum atomic E-state index is 0.334. The first-order valence-electron chi connectivity index (χ1n) is 8.10. The maximum absolute atomic E-state index is 4.93. The Labute approximate surface area is 146 Å². The highest BCUT2D eigenvalue weighted by Crippen LogP contribution is 2.50. The largest absolute Gasteiger partial charge is 0.378 e. The van der Waals surface area contributed by atoms with Crippen LogP contribution in [0.4, 0.5) is 5.69 Å². The normalized spacial score (nSPS) is 24.3. The van der Waals surface area contributed by atoms with E-state index >= 15 is 0 Å². The van der Waals surface area contributed by atoms with Gasteiger partial charge in [0.2, 0.25) is 0 Å². The second-order valence-corrected chi connectivity index (χ2v) is 7.16. The lowest BCUT2D eigenvalue weighted by Crippen LogP contribution is -2.29. The van der Waals surface area contributed by atoms with Crippen molar-refractivity contribution in [1.29, 1.82) is 0 Å². The molecule has 3 atom stereocenters. The Morgan fingerprint density at radius 3 is 2.79 bits per heavy atom. The zero-order valence-electron chi connectivity index (χ0n) is 13.4. The van der Waals surface area contributed by atoms with Crippen molar-refractivity contribution in [1.82, 2.24) is 0 Å². The van der Waals surface area contributed by atoms with E-state index in [1.165, 1.54) is 22.4 Å². The van der Waals surface area contributed by atoms with Gasteiger partial charge < -0.3 is 5.32 Å². The number of anilines is 1. The Morgan fingerprint density at radius 2 is 2.00 bits per heavy atom. The lowest BCUT2D eigenvalue weighted by Gasteiger charge is -2.37. The quantitative estimate of drug-likeness (QED) is 0.367. The Bertz CT molecular complexity index is 760. The van der Waals surface area contributed by atoms with Gasteiger partial charge in [-0.2, -0.15) is 5.90 Å². The molecule has 5 heteroatoms. The van der Waals surface area contributed by atoms with E-state index in [4.69, 9.17) is 10.2 Å². The van der Waals surface area contributed by atoms with E-state index in [2.05, 4.69) is 65.8 Å². The first-order chi connectivity index (χ1) is 11.8. The predicted octanol–water partition coefficient (Wildman–Crippen LogP) is 4.65. The average Bonchev–Trinajstić information content (AvgIpc) is 3.10. The molecule has 24 heavy (non-hydrogen) atoms. The first-order valence-corrected chi connectivity index (χ1v) is 8.84. The summed E-state index contributed by atoms with van der Waals surface area (Å²) in [5, 5.41) is 3.74. The molecule has 2 aliphatic rings. The van der Waals surface area contributed by atoms with Crippen LogP contribution in [0.15, 0.2) is 59.5 Å². The number of nitrogens with one attached hydrogen (secondary N) is 1. The lowest BCUT2D eigenvalue weighted by atomic mass is 9.77. The smallest absolute Gasteiger partial charge is 0.0702 e. The standard InChI is InChI=1S/C19H20N2O2S/c1-12-5-7-13(8-6-12)19-16-4-2-3-15(16)17-11-14(24-23-22-20)9-10-18(17)21-19/h2-3,5-11,15-16,19,21H,4,20H2,1H3/t15-,16+,19-/m0/s1. The molecule has 124 valence electrons. The van der Waals surface area contributed by atoms with Gasteiger partial charge in [-0.05, 0) is 48.6 Å². The highest BCUT2D eigenvalue weighted by atomic mass is 32.2. The van der Waals surface area contributed by atoms with Gasteiger partial charge in [-0.3, -0.25) is 0 Å². The molecule has 1 aliphatic heterocycles. The zero-order chi connectivity index (χ0) is 16.5. The maximum atomic E-state index is 4.93. The van der Waals surface area contributed by atoms with Crippen molar-refractivity contribution in [3.8, 4) is 0 Å². The second-order valence-electron chi connectivity index (χ2n) is 6.38. The molecule has 0 saturated heterocycles. The summed E-state index contributed by atoms with van der Waals surface area (Å²) in [6.45, 7) is 2.12. The molecule has 0 radical (unpaired) electrons. The van der Waals surface area contributed by atoms with Crippen molar-refractivity contribution in [3.63, 3.8) is 0 Å². The van der Waals surface area contributed by atoms with Crippen LogP contribution >= 0.6 is 12.0 Å². The number of hydrogen-bond acceptors (Lipinski definition) is 5. The molecule has 2 aromatic carbocycles. The van der Waals surface area contributed by atoms with E-state index in [1.54, 1.807) is 0 Å². The molecule has 0 bridgehead atoms. The maximum Gasteiger partial charge on any atom is 0.0702 e. The van der Waals surface area contributed by atoms with E-state index < -0.39 is 0 Å². The third-order valence-corrected chi connectivity index (χ3v) is 5.53. The van der Waals surface area contributed by atoms with Crippen LogP contribution in [0.5, 0.6) is 0 Å². The molecule has 4 nitrogen and oxygen atoms in total. The number of hydrogen-bond donors (Lipinski definition) is 2. The topological polar surface area (TPSA) is 56.5 Å². The summed E-state index contributed by atoms with van der Waals surface area (Å²) in [5.74, 6) is 5.88. The van der Waals surface area contributed by atoms with Gasteiger partial charge >= 0.3 is 0 Å². The predicted molar refractivity (Wildman–Crippen MR) is 96.2 cm³/mol.